The van der Waals surface area contributed by atoms with Gasteiger partial charge in [0.25, 0.3) is 0 Å². The second-order valence-corrected chi connectivity index (χ2v) is 4.44. The van der Waals surface area contributed by atoms with Crippen LogP contribution in [-0.2, 0) is 142 Å². The Labute approximate surface area is 157 Å². The van der Waals surface area contributed by atoms with Crippen molar-refractivity contribution in [2.24, 2.45) is 0 Å². The molecule has 0 aromatic carbocycles. The molecule has 14 heavy (non-hydrogen) atoms. The number of rotatable bonds is 0. The summed E-state index contributed by atoms with van der Waals surface area (Å²) < 4.78 is 77.5. The van der Waals surface area contributed by atoms with E-state index in [2.05, 4.69) is 0 Å². The van der Waals surface area contributed by atoms with Crippen LogP contribution in [0.15, 0.2) is 0 Å². The SMILES string of the molecule is [O]=[Zr]([O-])[O-].[O]=[Zr]([O-])[O-].[O]=[Zr]([O-])[O-].[Y+3].[Y+3]. The molecule has 9 nitrogen and oxygen atoms in total. The summed E-state index contributed by atoms with van der Waals surface area (Å²) in [7, 11) is 0. The monoisotopic (exact) mass is 591 g/mol. The minimum absolute atomic E-state index is 0. The molecule has 0 saturated carbocycles. The van der Waals surface area contributed by atoms with E-state index in [9.17, 15) is 0 Å². The molecule has 0 rings (SSSR count). The van der Waals surface area contributed by atoms with Gasteiger partial charge in [-0.1, -0.05) is 0 Å². The molecular weight excluding hydrogens is 595 g/mol. The van der Waals surface area contributed by atoms with Crippen LogP contribution in [0.4, 0.5) is 0 Å². The molecule has 0 atom stereocenters. The molecule has 0 aromatic heterocycles. The van der Waals surface area contributed by atoms with Crippen molar-refractivity contribution in [1.29, 1.82) is 0 Å². The summed E-state index contributed by atoms with van der Waals surface area (Å²) in [6.07, 6.45) is 0. The van der Waals surface area contributed by atoms with Crippen molar-refractivity contribution < 1.29 is 161 Å². The van der Waals surface area contributed by atoms with Crippen LogP contribution in [0, 0.1) is 0 Å². The summed E-state index contributed by atoms with van der Waals surface area (Å²) in [5.74, 6) is 0. The number of hydrogen-bond acceptors (Lipinski definition) is 9. The van der Waals surface area contributed by atoms with Crippen LogP contribution in [0.3, 0.4) is 0 Å². The molecule has 0 aliphatic carbocycles. The van der Waals surface area contributed by atoms with Gasteiger partial charge < -0.3 is 0 Å². The molecule has 0 aromatic rings. The molecule has 0 unspecified atom stereocenters. The molecule has 72 valence electrons. The number of hydrogen-bond donors (Lipinski definition) is 0. The molecule has 0 amide bonds. The van der Waals surface area contributed by atoms with E-state index < -0.39 is 67.9 Å². The summed E-state index contributed by atoms with van der Waals surface area (Å²) in [4.78, 5) is 0. The summed E-state index contributed by atoms with van der Waals surface area (Å²) in [6, 6.07) is 0. The normalized spacial score (nSPS) is 5.57. The fourth-order valence-electron chi connectivity index (χ4n) is 0. The quantitative estimate of drug-likeness (QED) is 0.262. The van der Waals surface area contributed by atoms with E-state index in [-0.39, 0.29) is 65.4 Å². The van der Waals surface area contributed by atoms with E-state index in [1.54, 1.807) is 0 Å². The summed E-state index contributed by atoms with van der Waals surface area (Å²) >= 11 is -12.9. The molecule has 0 aliphatic rings. The molecule has 0 radical (unpaired) electrons. The first-order chi connectivity index (χ1) is 5.20. The first-order valence-corrected chi connectivity index (χ1v) is 10.9. The Hall–Kier alpha value is 4.02. The molecule has 0 fully saturated rings. The minimum Gasteiger partial charge on any atom is 3.00 e. The van der Waals surface area contributed by atoms with Crippen molar-refractivity contribution in [2.45, 2.75) is 0 Å². The van der Waals surface area contributed by atoms with Crippen molar-refractivity contribution >= 4 is 0 Å². The van der Waals surface area contributed by atoms with E-state index in [4.69, 9.17) is 27.5 Å². The van der Waals surface area contributed by atoms with Gasteiger partial charge in [0.2, 0.25) is 0 Å². The van der Waals surface area contributed by atoms with Crippen LogP contribution in [0.5, 0.6) is 0 Å². The zero-order chi connectivity index (χ0) is 10.7. The average Bonchev–Trinajstić information content (AvgIpc) is 1.54. The molecule has 0 aliphatic heterocycles. The van der Waals surface area contributed by atoms with Gasteiger partial charge in [0.05, 0.1) is 0 Å². The average molecular weight is 595 g/mol. The van der Waals surface area contributed by atoms with Gasteiger partial charge in [-0.25, -0.2) is 0 Å². The van der Waals surface area contributed by atoms with Gasteiger partial charge in [0.15, 0.2) is 0 Å². The molecule has 0 N–H and O–H groups in total. The Balaban J connectivity index is -0.0000000270. The summed E-state index contributed by atoms with van der Waals surface area (Å²) in [5, 5.41) is 0. The third-order valence-electron chi connectivity index (χ3n) is 0. The van der Waals surface area contributed by atoms with E-state index in [0.717, 1.165) is 0 Å². The Morgan fingerprint density at radius 3 is 0.500 bits per heavy atom. The maximum Gasteiger partial charge on any atom is 3.00 e. The minimum atomic E-state index is -4.29. The third kappa shape index (κ3) is 224. The molecular formula is O9Y2Zr3. The fraction of sp³-hybridized carbons (Fsp3) is 0. The van der Waals surface area contributed by atoms with Crippen LogP contribution < -0.4 is 19.1 Å². The molecule has 0 heterocycles. The van der Waals surface area contributed by atoms with Gasteiger partial charge in [-0.3, -0.25) is 0 Å². The maximum absolute atomic E-state index is 8.61. The molecule has 0 bridgehead atoms. The zero-order valence-electron chi connectivity index (χ0n) is 6.33. The topological polar surface area (TPSA) is 190 Å². The van der Waals surface area contributed by atoms with E-state index in [1.807, 2.05) is 0 Å². The Morgan fingerprint density at radius 1 is 0.500 bits per heavy atom. The summed E-state index contributed by atoms with van der Waals surface area (Å²) in [5.41, 5.74) is 0. The van der Waals surface area contributed by atoms with E-state index in [0.29, 0.717) is 0 Å². The van der Waals surface area contributed by atoms with Crippen LogP contribution in [0.2, 0.25) is 0 Å². The second kappa shape index (κ2) is 25.8. The van der Waals surface area contributed by atoms with Crippen LogP contribution in [-0.4, -0.2) is 0 Å². The Morgan fingerprint density at radius 2 is 0.500 bits per heavy atom. The second-order valence-electron chi connectivity index (χ2n) is 0.750. The summed E-state index contributed by atoms with van der Waals surface area (Å²) in [6.45, 7) is 0. The van der Waals surface area contributed by atoms with Crippen molar-refractivity contribution in [2.75, 3.05) is 0 Å². The first-order valence-electron chi connectivity index (χ1n) is 1.84. The van der Waals surface area contributed by atoms with E-state index in [1.165, 1.54) is 0 Å². The Kier molecular flexibility index (Phi) is 56.7. The smallest absolute Gasteiger partial charge is 3.00 e. The molecule has 14 heteroatoms. The van der Waals surface area contributed by atoms with Crippen molar-refractivity contribution in [3.05, 3.63) is 0 Å². The van der Waals surface area contributed by atoms with Crippen LogP contribution >= 0.6 is 0 Å². The van der Waals surface area contributed by atoms with Gasteiger partial charge in [0.1, 0.15) is 0 Å². The third-order valence-corrected chi connectivity index (χ3v) is 0. The molecule has 0 spiro atoms. The van der Waals surface area contributed by atoms with Crippen molar-refractivity contribution in [3.63, 3.8) is 0 Å². The van der Waals surface area contributed by atoms with Gasteiger partial charge >= 0.3 is 161 Å². The van der Waals surface area contributed by atoms with Crippen LogP contribution in [0.25, 0.3) is 0 Å². The van der Waals surface area contributed by atoms with Gasteiger partial charge in [-0.15, -0.1) is 0 Å². The zero-order valence-corrected chi connectivity index (χ0v) is 19.4. The predicted molar refractivity (Wildman–Crippen MR) is 2.06 cm³/mol. The Bertz CT molecular complexity index is 116. The molecule has 0 saturated heterocycles. The standard InChI is InChI=1S/9O.2Y.3Zr/q;;;6*-1;2*+3;;;. The fourth-order valence-corrected chi connectivity index (χ4v) is 0. The van der Waals surface area contributed by atoms with Crippen molar-refractivity contribution in [1.82, 2.24) is 0 Å². The first kappa shape index (κ1) is 30.8. The maximum atomic E-state index is 8.61. The van der Waals surface area contributed by atoms with Crippen molar-refractivity contribution in [3.8, 4) is 0 Å². The van der Waals surface area contributed by atoms with E-state index >= 15 is 0 Å². The predicted octanol–water partition coefficient (Wildman–Crippen LogP) is -7.50. The van der Waals surface area contributed by atoms with Gasteiger partial charge in [0, 0.05) is 0 Å². The van der Waals surface area contributed by atoms with Gasteiger partial charge in [-0.05, 0) is 0 Å². The largest absolute Gasteiger partial charge is 3.00 e. The van der Waals surface area contributed by atoms with Gasteiger partial charge in [-0.2, -0.15) is 0 Å². The van der Waals surface area contributed by atoms with Crippen LogP contribution in [0.1, 0.15) is 0 Å².